The Hall–Kier alpha value is -2.28. The molecule has 1 amide bonds. The number of esters is 1. The minimum absolute atomic E-state index is 0. The Kier molecular flexibility index (Phi) is 8.05. The monoisotopic (exact) mass is 396 g/mol. The van der Waals surface area contributed by atoms with E-state index in [2.05, 4.69) is 4.74 Å². The molecule has 0 radical (unpaired) electrons. The molecule has 0 saturated carbocycles. The first-order valence-corrected chi connectivity index (χ1v) is 7.33. The Labute approximate surface area is 152 Å². The van der Waals surface area contributed by atoms with Gasteiger partial charge in [0, 0.05) is 25.0 Å². The predicted molar refractivity (Wildman–Crippen MR) is 96.2 cm³/mol. The van der Waals surface area contributed by atoms with E-state index >= 15 is 0 Å². The summed E-state index contributed by atoms with van der Waals surface area (Å²) in [5, 5.41) is 0. The van der Waals surface area contributed by atoms with Gasteiger partial charge in [-0.1, -0.05) is 24.3 Å². The largest absolute Gasteiger partial charge is 0.466 e. The number of methoxy groups -OCH3 is 1. The Morgan fingerprint density at radius 3 is 2.54 bits per heavy atom. The quantitative estimate of drug-likeness (QED) is 0.565. The number of hydrogen-bond donors (Lipinski definition) is 0. The van der Waals surface area contributed by atoms with E-state index < -0.39 is 0 Å². The van der Waals surface area contributed by atoms with E-state index in [-0.39, 0.29) is 29.0 Å². The maximum absolute atomic E-state index is 11.6. The summed E-state index contributed by atoms with van der Waals surface area (Å²) < 4.78 is 9.51. The van der Waals surface area contributed by atoms with Crippen molar-refractivity contribution in [3.63, 3.8) is 0 Å². The molecule has 1 aromatic rings. The highest BCUT2D eigenvalue weighted by atomic mass is 79.9. The molecule has 0 aromatic heterocycles. The molecule has 0 N–H and O–H groups in total. The lowest BCUT2D eigenvalue weighted by Gasteiger charge is -2.19. The van der Waals surface area contributed by atoms with Gasteiger partial charge in [0.2, 0.25) is 0 Å². The maximum atomic E-state index is 11.6. The summed E-state index contributed by atoms with van der Waals surface area (Å²) in [7, 11) is 1.35. The van der Waals surface area contributed by atoms with Crippen molar-refractivity contribution >= 4 is 35.1 Å². The van der Waals surface area contributed by atoms with Gasteiger partial charge in [0.1, 0.15) is 6.67 Å². The summed E-state index contributed by atoms with van der Waals surface area (Å²) in [6.45, 7) is 3.31. The van der Waals surface area contributed by atoms with E-state index in [0.717, 1.165) is 11.1 Å². The fourth-order valence-corrected chi connectivity index (χ4v) is 2.09. The van der Waals surface area contributed by atoms with Gasteiger partial charge >= 0.3 is 12.1 Å². The molecule has 0 bridgehead atoms. The van der Waals surface area contributed by atoms with Crippen LogP contribution in [0, 0.1) is 0 Å². The number of rotatable bonds is 5. The van der Waals surface area contributed by atoms with Crippen LogP contribution in [-0.4, -0.2) is 42.2 Å². The number of carbonyl (C=O) groups excluding carboxylic acids is 2. The second kappa shape index (κ2) is 9.77. The van der Waals surface area contributed by atoms with Gasteiger partial charge in [0.15, 0.2) is 0 Å². The average molecular weight is 397 g/mol. The third-order valence-corrected chi connectivity index (χ3v) is 3.27. The molecule has 1 heterocycles. The van der Waals surface area contributed by atoms with Crippen molar-refractivity contribution in [2.75, 3.05) is 20.4 Å². The number of nitrogens with zero attached hydrogens (tertiary/aromatic N) is 2. The first kappa shape index (κ1) is 19.8. The Morgan fingerprint density at radius 1 is 1.21 bits per heavy atom. The Bertz CT molecular complexity index is 614. The molecule has 0 aliphatic carbocycles. The van der Waals surface area contributed by atoms with E-state index in [4.69, 9.17) is 4.74 Å². The van der Waals surface area contributed by atoms with Crippen LogP contribution in [0.1, 0.15) is 18.1 Å². The van der Waals surface area contributed by atoms with Crippen molar-refractivity contribution in [3.05, 3.63) is 53.9 Å². The highest BCUT2D eigenvalue weighted by Crippen LogP contribution is 2.14. The molecule has 0 unspecified atom stereocenters. The number of carbonyl (C=O) groups is 2. The highest BCUT2D eigenvalue weighted by molar-refractivity contribution is 8.93. The number of hydrogen-bond acceptors (Lipinski definition) is 5. The van der Waals surface area contributed by atoms with Gasteiger partial charge in [-0.2, -0.15) is 0 Å². The average Bonchev–Trinajstić information content (AvgIpc) is 3.02. The van der Waals surface area contributed by atoms with Gasteiger partial charge in [-0.25, -0.2) is 9.59 Å². The van der Waals surface area contributed by atoms with Crippen LogP contribution in [0.2, 0.25) is 0 Å². The summed E-state index contributed by atoms with van der Waals surface area (Å²) >= 11 is 0. The predicted octanol–water partition coefficient (Wildman–Crippen LogP) is 3.15. The van der Waals surface area contributed by atoms with Crippen LogP contribution in [-0.2, 0) is 20.8 Å². The van der Waals surface area contributed by atoms with Gasteiger partial charge in [-0.05, 0) is 24.1 Å². The summed E-state index contributed by atoms with van der Waals surface area (Å²) in [5.41, 5.74) is 2.03. The fourth-order valence-electron chi connectivity index (χ4n) is 2.09. The van der Waals surface area contributed by atoms with E-state index in [0.29, 0.717) is 19.8 Å². The molecule has 0 fully saturated rings. The number of halogens is 1. The molecule has 1 aromatic carbocycles. The summed E-state index contributed by atoms with van der Waals surface area (Å²) in [6, 6.07) is 7.82. The van der Waals surface area contributed by atoms with Crippen molar-refractivity contribution in [2.24, 2.45) is 0 Å². The van der Waals surface area contributed by atoms with Crippen molar-refractivity contribution in [3.8, 4) is 0 Å². The zero-order valence-corrected chi connectivity index (χ0v) is 15.4. The van der Waals surface area contributed by atoms with Crippen LogP contribution in [0.25, 0.3) is 6.08 Å². The summed E-state index contributed by atoms with van der Waals surface area (Å²) in [5.74, 6) is -0.379. The Balaban J connectivity index is 0.00000288. The third kappa shape index (κ3) is 5.73. The zero-order valence-electron chi connectivity index (χ0n) is 13.7. The number of benzene rings is 1. The smallest absolute Gasteiger partial charge is 0.415 e. The molecule has 24 heavy (non-hydrogen) atoms. The molecule has 0 spiro atoms. The van der Waals surface area contributed by atoms with Crippen LogP contribution in [0.5, 0.6) is 0 Å². The molecule has 1 aliphatic rings. The zero-order chi connectivity index (χ0) is 16.7. The molecule has 0 atom stereocenters. The van der Waals surface area contributed by atoms with Crippen molar-refractivity contribution in [1.29, 1.82) is 0 Å². The minimum atomic E-state index is -0.379. The fraction of sp³-hybridized carbons (Fsp3) is 0.294. The lowest BCUT2D eigenvalue weighted by Crippen LogP contribution is -2.30. The molecule has 1 aliphatic heterocycles. The molecule has 130 valence electrons. The second-order valence-electron chi connectivity index (χ2n) is 4.95. The van der Waals surface area contributed by atoms with E-state index in [1.807, 2.05) is 35.4 Å². The maximum Gasteiger partial charge on any atom is 0.415 e. The van der Waals surface area contributed by atoms with Gasteiger partial charge in [-0.3, -0.25) is 4.90 Å². The van der Waals surface area contributed by atoms with Gasteiger partial charge in [0.05, 0.1) is 13.7 Å². The molecule has 7 heteroatoms. The van der Waals surface area contributed by atoms with Gasteiger partial charge in [-0.15, -0.1) is 17.0 Å². The van der Waals surface area contributed by atoms with Crippen LogP contribution in [0.3, 0.4) is 0 Å². The van der Waals surface area contributed by atoms with Gasteiger partial charge < -0.3 is 14.4 Å². The molecular weight excluding hydrogens is 376 g/mol. The number of ether oxygens (including phenoxy) is 2. The summed E-state index contributed by atoms with van der Waals surface area (Å²) in [6.07, 6.45) is 6.33. The number of amides is 1. The van der Waals surface area contributed by atoms with Gasteiger partial charge in [0.25, 0.3) is 0 Å². The second-order valence-corrected chi connectivity index (χ2v) is 4.95. The lowest BCUT2D eigenvalue weighted by atomic mass is 10.1. The van der Waals surface area contributed by atoms with E-state index in [1.165, 1.54) is 18.1 Å². The molecular formula is C17H21BrN2O4. The first-order valence-electron chi connectivity index (χ1n) is 7.33. The normalized spacial score (nSPS) is 13.1. The molecule has 6 nitrogen and oxygen atoms in total. The first-order chi connectivity index (χ1) is 11.1. The van der Waals surface area contributed by atoms with Crippen LogP contribution < -0.4 is 0 Å². The summed E-state index contributed by atoms with van der Waals surface area (Å²) in [4.78, 5) is 26.2. The van der Waals surface area contributed by atoms with Crippen LogP contribution >= 0.6 is 17.0 Å². The van der Waals surface area contributed by atoms with E-state index in [9.17, 15) is 9.59 Å². The molecule has 2 rings (SSSR count). The van der Waals surface area contributed by atoms with Crippen LogP contribution in [0.4, 0.5) is 4.79 Å². The standard InChI is InChI=1S/C17H20N2O4.BrH/c1-3-23-17(21)19-11-10-18(13-19)12-15-6-4-14(5-7-15)8-9-16(20)22-2;/h4-11H,3,12-13H2,1-2H3;1H. The topological polar surface area (TPSA) is 59.1 Å². The lowest BCUT2D eigenvalue weighted by molar-refractivity contribution is -0.134. The van der Waals surface area contributed by atoms with Crippen molar-refractivity contribution in [2.45, 2.75) is 13.5 Å². The molecule has 0 saturated heterocycles. The van der Waals surface area contributed by atoms with Crippen molar-refractivity contribution in [1.82, 2.24) is 9.80 Å². The highest BCUT2D eigenvalue weighted by Gasteiger charge is 2.19. The van der Waals surface area contributed by atoms with E-state index in [1.54, 1.807) is 19.2 Å². The third-order valence-electron chi connectivity index (χ3n) is 3.27. The van der Waals surface area contributed by atoms with Crippen molar-refractivity contribution < 1.29 is 19.1 Å². The van der Waals surface area contributed by atoms with Crippen LogP contribution in [0.15, 0.2) is 42.7 Å². The Morgan fingerprint density at radius 2 is 1.92 bits per heavy atom. The minimum Gasteiger partial charge on any atom is -0.466 e. The SMILES string of the molecule is Br.CCOC(=O)N1C=CN(Cc2ccc(C=CC(=O)OC)cc2)C1.